The Morgan fingerprint density at radius 3 is 2.75 bits per heavy atom. The Bertz CT molecular complexity index is 827. The Balaban J connectivity index is 1.71. The van der Waals surface area contributed by atoms with Crippen molar-refractivity contribution >= 4 is 18.0 Å². The normalized spacial score (nSPS) is 11.1. The molecule has 0 aliphatic carbocycles. The first-order valence-electron chi connectivity index (χ1n) is 7.52. The average Bonchev–Trinajstić information content (AvgIpc) is 3.07. The molecule has 0 amide bonds. The lowest BCUT2D eigenvalue weighted by Gasteiger charge is -2.04. The number of benzene rings is 2. The molecule has 0 fully saturated rings. The molecule has 0 unspecified atom stereocenters. The van der Waals surface area contributed by atoms with Gasteiger partial charge in [-0.25, -0.2) is 0 Å². The van der Waals surface area contributed by atoms with E-state index in [1.165, 1.54) is 11.1 Å². The van der Waals surface area contributed by atoms with Crippen LogP contribution in [0.3, 0.4) is 0 Å². The molecule has 2 aromatic carbocycles. The lowest BCUT2D eigenvalue weighted by molar-refractivity contribution is 0.414. The number of ether oxygens (including phenoxy) is 1. The van der Waals surface area contributed by atoms with Gasteiger partial charge in [-0.1, -0.05) is 53.7 Å². The fourth-order valence-corrected chi connectivity index (χ4v) is 2.94. The second kappa shape index (κ2) is 7.79. The van der Waals surface area contributed by atoms with Crippen LogP contribution < -0.4 is 4.74 Å². The molecule has 0 N–H and O–H groups in total. The molecule has 0 spiro atoms. The van der Waals surface area contributed by atoms with Gasteiger partial charge in [-0.3, -0.25) is 0 Å². The fourth-order valence-electron chi connectivity index (χ4n) is 2.12. The molecule has 3 rings (SSSR count). The zero-order valence-corrected chi connectivity index (χ0v) is 14.4. The van der Waals surface area contributed by atoms with Crippen molar-refractivity contribution in [1.29, 1.82) is 0 Å². The van der Waals surface area contributed by atoms with Gasteiger partial charge in [-0.05, 0) is 24.6 Å². The Hall–Kier alpha value is -2.60. The van der Waals surface area contributed by atoms with Gasteiger partial charge < -0.3 is 4.74 Å². The Labute approximate surface area is 145 Å². The largest absolute Gasteiger partial charge is 0.496 e. The molecule has 5 nitrogen and oxygen atoms in total. The lowest BCUT2D eigenvalue weighted by atomic mass is 10.2. The van der Waals surface area contributed by atoms with E-state index >= 15 is 0 Å². The van der Waals surface area contributed by atoms with Crippen molar-refractivity contribution in [3.63, 3.8) is 0 Å². The summed E-state index contributed by atoms with van der Waals surface area (Å²) in [5, 5.41) is 13.3. The molecule has 0 radical (unpaired) electrons. The van der Waals surface area contributed by atoms with Gasteiger partial charge in [0.1, 0.15) is 12.1 Å². The highest BCUT2D eigenvalue weighted by Crippen LogP contribution is 2.21. The lowest BCUT2D eigenvalue weighted by Crippen LogP contribution is -1.95. The van der Waals surface area contributed by atoms with Crippen LogP contribution in [0.4, 0.5) is 0 Å². The molecule has 0 bridgehead atoms. The summed E-state index contributed by atoms with van der Waals surface area (Å²) in [6, 6.07) is 16.2. The number of nitrogens with zero attached hydrogens (tertiary/aromatic N) is 4. The van der Waals surface area contributed by atoms with Crippen molar-refractivity contribution in [2.24, 2.45) is 5.10 Å². The van der Waals surface area contributed by atoms with Crippen molar-refractivity contribution < 1.29 is 4.74 Å². The molecule has 0 atom stereocenters. The van der Waals surface area contributed by atoms with Crippen LogP contribution in [0.1, 0.15) is 16.7 Å². The summed E-state index contributed by atoms with van der Waals surface area (Å²) >= 11 is 1.60. The molecular weight excluding hydrogens is 320 g/mol. The van der Waals surface area contributed by atoms with Gasteiger partial charge in [0.2, 0.25) is 5.16 Å². The van der Waals surface area contributed by atoms with E-state index in [0.29, 0.717) is 0 Å². The molecule has 1 heterocycles. The SMILES string of the molecule is COc1ccccc1C=Nn1cnnc1SCc1ccc(C)cc1. The Morgan fingerprint density at radius 1 is 1.17 bits per heavy atom. The maximum Gasteiger partial charge on any atom is 0.212 e. The highest BCUT2D eigenvalue weighted by molar-refractivity contribution is 7.98. The molecule has 0 aliphatic rings. The first kappa shape index (κ1) is 16.3. The third-order valence-corrected chi connectivity index (χ3v) is 4.45. The van der Waals surface area contributed by atoms with Crippen LogP contribution in [0.25, 0.3) is 0 Å². The quantitative estimate of drug-likeness (QED) is 0.507. The zero-order valence-electron chi connectivity index (χ0n) is 13.6. The van der Waals surface area contributed by atoms with E-state index in [9.17, 15) is 0 Å². The van der Waals surface area contributed by atoms with Gasteiger partial charge in [0.15, 0.2) is 0 Å². The second-order valence-electron chi connectivity index (χ2n) is 5.22. The molecule has 6 heteroatoms. The number of thioether (sulfide) groups is 1. The minimum Gasteiger partial charge on any atom is -0.496 e. The topological polar surface area (TPSA) is 52.3 Å². The van der Waals surface area contributed by atoms with Crippen LogP contribution in [0.2, 0.25) is 0 Å². The van der Waals surface area contributed by atoms with Crippen LogP contribution >= 0.6 is 11.8 Å². The number of hydrogen-bond donors (Lipinski definition) is 0. The van der Waals surface area contributed by atoms with Gasteiger partial charge in [0, 0.05) is 11.3 Å². The van der Waals surface area contributed by atoms with Crippen LogP contribution in [0, 0.1) is 6.92 Å². The van der Waals surface area contributed by atoms with Crippen LogP contribution in [0.15, 0.2) is 65.1 Å². The summed E-state index contributed by atoms with van der Waals surface area (Å²) < 4.78 is 7.00. The summed E-state index contributed by atoms with van der Waals surface area (Å²) in [4.78, 5) is 0. The molecule has 0 saturated heterocycles. The fraction of sp³-hybridized carbons (Fsp3) is 0.167. The van der Waals surface area contributed by atoms with Crippen LogP contribution in [-0.2, 0) is 5.75 Å². The van der Waals surface area contributed by atoms with Gasteiger partial charge in [0.25, 0.3) is 0 Å². The van der Waals surface area contributed by atoms with Crippen molar-refractivity contribution in [3.05, 3.63) is 71.5 Å². The highest BCUT2D eigenvalue weighted by Gasteiger charge is 2.05. The van der Waals surface area contributed by atoms with Crippen molar-refractivity contribution in [3.8, 4) is 5.75 Å². The zero-order chi connectivity index (χ0) is 16.8. The highest BCUT2D eigenvalue weighted by atomic mass is 32.2. The predicted octanol–water partition coefficient (Wildman–Crippen LogP) is 3.77. The van der Waals surface area contributed by atoms with E-state index in [1.54, 1.807) is 36.1 Å². The minimum absolute atomic E-state index is 0.752. The summed E-state index contributed by atoms with van der Waals surface area (Å²) in [6.45, 7) is 2.08. The number of rotatable bonds is 6. The van der Waals surface area contributed by atoms with Crippen molar-refractivity contribution in [2.75, 3.05) is 7.11 Å². The third-order valence-electron chi connectivity index (χ3n) is 3.45. The van der Waals surface area contributed by atoms with Crippen LogP contribution in [0.5, 0.6) is 5.75 Å². The van der Waals surface area contributed by atoms with Gasteiger partial charge in [-0.15, -0.1) is 10.2 Å². The molecule has 0 saturated carbocycles. The summed E-state index contributed by atoms with van der Waals surface area (Å²) in [7, 11) is 1.65. The smallest absolute Gasteiger partial charge is 0.212 e. The molecule has 3 aromatic rings. The molecular formula is C18H18N4OS. The molecule has 1 aromatic heterocycles. The van der Waals surface area contributed by atoms with Gasteiger partial charge >= 0.3 is 0 Å². The summed E-state index contributed by atoms with van der Waals surface area (Å²) in [5.74, 6) is 1.60. The first-order chi connectivity index (χ1) is 11.8. The number of hydrogen-bond acceptors (Lipinski definition) is 5. The van der Waals surface area contributed by atoms with E-state index in [1.807, 2.05) is 24.3 Å². The second-order valence-corrected chi connectivity index (χ2v) is 6.16. The van der Waals surface area contributed by atoms with E-state index in [0.717, 1.165) is 22.2 Å². The van der Waals surface area contributed by atoms with E-state index in [4.69, 9.17) is 4.74 Å². The van der Waals surface area contributed by atoms with Crippen molar-refractivity contribution in [1.82, 2.24) is 14.9 Å². The summed E-state index contributed by atoms with van der Waals surface area (Å²) in [6.07, 6.45) is 3.35. The Morgan fingerprint density at radius 2 is 1.96 bits per heavy atom. The maximum absolute atomic E-state index is 5.32. The third kappa shape index (κ3) is 4.02. The van der Waals surface area contributed by atoms with Crippen LogP contribution in [-0.4, -0.2) is 28.2 Å². The van der Waals surface area contributed by atoms with E-state index in [-0.39, 0.29) is 0 Å². The van der Waals surface area contributed by atoms with Gasteiger partial charge in [0.05, 0.1) is 13.3 Å². The van der Waals surface area contributed by atoms with Gasteiger partial charge in [-0.2, -0.15) is 9.78 Å². The number of methoxy groups -OCH3 is 1. The van der Waals surface area contributed by atoms with Crippen molar-refractivity contribution in [2.45, 2.75) is 17.8 Å². The van der Waals surface area contributed by atoms with E-state index in [2.05, 4.69) is 46.5 Å². The number of aryl methyl sites for hydroxylation is 1. The maximum atomic E-state index is 5.32. The predicted molar refractivity (Wildman–Crippen MR) is 96.7 cm³/mol. The number of para-hydroxylation sites is 1. The first-order valence-corrected chi connectivity index (χ1v) is 8.50. The molecule has 0 aliphatic heterocycles. The average molecular weight is 338 g/mol. The monoisotopic (exact) mass is 338 g/mol. The standard InChI is InChI=1S/C18H18N4OS/c1-14-7-9-15(10-8-14)12-24-18-21-19-13-22(18)20-11-16-5-3-4-6-17(16)23-2/h3-11,13H,12H2,1-2H3. The minimum atomic E-state index is 0.752. The van der Waals surface area contributed by atoms with E-state index < -0.39 is 0 Å². The molecule has 122 valence electrons. The summed E-state index contributed by atoms with van der Waals surface area (Å²) in [5.41, 5.74) is 3.41. The molecule has 24 heavy (non-hydrogen) atoms. The number of aromatic nitrogens is 3. The Kier molecular flexibility index (Phi) is 5.28.